The molecule has 0 fully saturated rings. The summed E-state index contributed by atoms with van der Waals surface area (Å²) in [5.41, 5.74) is 1.91. The van der Waals surface area contributed by atoms with Crippen molar-refractivity contribution in [1.29, 1.82) is 0 Å². The van der Waals surface area contributed by atoms with Gasteiger partial charge >= 0.3 is 0 Å². The molecule has 0 aliphatic heterocycles. The molecule has 0 radical (unpaired) electrons. The minimum absolute atomic E-state index is 0.0651. The zero-order valence-corrected chi connectivity index (χ0v) is 15.5. The van der Waals surface area contributed by atoms with Crippen LogP contribution in [0, 0.1) is 6.92 Å². The molecule has 0 saturated carbocycles. The van der Waals surface area contributed by atoms with E-state index in [0.717, 1.165) is 11.1 Å². The van der Waals surface area contributed by atoms with Crippen LogP contribution in [-0.4, -0.2) is 27.3 Å². The number of hydrogen-bond acceptors (Lipinski definition) is 5. The van der Waals surface area contributed by atoms with Gasteiger partial charge < -0.3 is 10.1 Å². The van der Waals surface area contributed by atoms with Crippen molar-refractivity contribution in [3.05, 3.63) is 53.6 Å². The van der Waals surface area contributed by atoms with Crippen LogP contribution < -0.4 is 14.8 Å². The Bertz CT molecular complexity index is 938. The lowest BCUT2D eigenvalue weighted by Crippen LogP contribution is -2.32. The highest BCUT2D eigenvalue weighted by molar-refractivity contribution is 7.90. The van der Waals surface area contributed by atoms with E-state index in [1.54, 1.807) is 12.1 Å². The Hall–Kier alpha value is -2.87. The summed E-state index contributed by atoms with van der Waals surface area (Å²) in [7, 11) is -2.85. The van der Waals surface area contributed by atoms with E-state index in [2.05, 4.69) is 5.32 Å². The Morgan fingerprint density at radius 3 is 2.42 bits per heavy atom. The van der Waals surface area contributed by atoms with Crippen molar-refractivity contribution in [2.45, 2.75) is 25.2 Å². The maximum atomic E-state index is 12.6. The second-order valence-corrected chi connectivity index (χ2v) is 7.33. The molecule has 0 spiro atoms. The Morgan fingerprint density at radius 2 is 1.81 bits per heavy atom. The number of methoxy groups -OCH3 is 1. The molecule has 7 nitrogen and oxygen atoms in total. The van der Waals surface area contributed by atoms with Gasteiger partial charge in [-0.25, -0.2) is 13.1 Å². The van der Waals surface area contributed by atoms with Crippen molar-refractivity contribution in [2.24, 2.45) is 0 Å². The molecule has 0 aliphatic rings. The van der Waals surface area contributed by atoms with Crippen molar-refractivity contribution in [1.82, 2.24) is 4.72 Å². The SMILES string of the molecule is COc1ccc(NC(C)=O)cc1S(=O)(=O)NC(=O)Cc1ccccc1C. The third kappa shape index (κ3) is 4.82. The van der Waals surface area contributed by atoms with Gasteiger partial charge in [-0.3, -0.25) is 9.59 Å². The molecule has 2 rings (SSSR count). The van der Waals surface area contributed by atoms with Crippen LogP contribution in [0.25, 0.3) is 0 Å². The first kappa shape index (κ1) is 19.5. The summed E-state index contributed by atoms with van der Waals surface area (Å²) in [6.45, 7) is 3.15. The highest BCUT2D eigenvalue weighted by Crippen LogP contribution is 2.27. The average molecular weight is 376 g/mol. The Labute approximate surface area is 152 Å². The molecule has 8 heteroatoms. The number of hydrogen-bond donors (Lipinski definition) is 2. The normalized spacial score (nSPS) is 10.9. The third-order valence-electron chi connectivity index (χ3n) is 3.63. The van der Waals surface area contributed by atoms with E-state index in [1.807, 2.05) is 23.8 Å². The summed E-state index contributed by atoms with van der Waals surface area (Å²) in [6, 6.07) is 11.4. The molecular weight excluding hydrogens is 356 g/mol. The molecule has 2 aromatic carbocycles. The van der Waals surface area contributed by atoms with E-state index in [1.165, 1.54) is 32.2 Å². The number of sulfonamides is 1. The lowest BCUT2D eigenvalue weighted by Gasteiger charge is -2.13. The maximum Gasteiger partial charge on any atom is 0.267 e. The molecular formula is C18H20N2O5S. The highest BCUT2D eigenvalue weighted by Gasteiger charge is 2.23. The van der Waals surface area contributed by atoms with Crippen molar-refractivity contribution in [2.75, 3.05) is 12.4 Å². The zero-order valence-electron chi connectivity index (χ0n) is 14.7. The summed E-state index contributed by atoms with van der Waals surface area (Å²) in [5, 5.41) is 2.50. The smallest absolute Gasteiger partial charge is 0.267 e. The molecule has 26 heavy (non-hydrogen) atoms. The monoisotopic (exact) mass is 376 g/mol. The molecule has 0 aromatic heterocycles. The van der Waals surface area contributed by atoms with Crippen LogP contribution in [0.2, 0.25) is 0 Å². The Kier molecular flexibility index (Phi) is 5.99. The molecule has 0 bridgehead atoms. The summed E-state index contributed by atoms with van der Waals surface area (Å²) >= 11 is 0. The lowest BCUT2D eigenvalue weighted by molar-refractivity contribution is -0.118. The largest absolute Gasteiger partial charge is 0.495 e. The van der Waals surface area contributed by atoms with Gasteiger partial charge in [0.05, 0.1) is 13.5 Å². The molecule has 2 amide bonds. The second-order valence-electron chi connectivity index (χ2n) is 5.68. The van der Waals surface area contributed by atoms with Gasteiger partial charge in [0.1, 0.15) is 10.6 Å². The topological polar surface area (TPSA) is 102 Å². The fourth-order valence-electron chi connectivity index (χ4n) is 2.39. The van der Waals surface area contributed by atoms with Gasteiger partial charge in [0.2, 0.25) is 11.8 Å². The molecule has 138 valence electrons. The van der Waals surface area contributed by atoms with Gasteiger partial charge in [0.15, 0.2) is 0 Å². The quantitative estimate of drug-likeness (QED) is 0.803. The standard InChI is InChI=1S/C18H20N2O5S/c1-12-6-4-5-7-14(12)10-18(22)20-26(23,24)17-11-15(19-13(2)21)8-9-16(17)25-3/h4-9,11H,10H2,1-3H3,(H,19,21)(H,20,22). The summed E-state index contributed by atoms with van der Waals surface area (Å²) in [5.74, 6) is -0.941. The van der Waals surface area contributed by atoms with E-state index < -0.39 is 15.9 Å². The first-order chi connectivity index (χ1) is 12.2. The number of ether oxygens (including phenoxy) is 1. The molecule has 0 saturated heterocycles. The third-order valence-corrected chi connectivity index (χ3v) is 5.03. The van der Waals surface area contributed by atoms with E-state index in [4.69, 9.17) is 4.74 Å². The maximum absolute atomic E-state index is 12.6. The summed E-state index contributed by atoms with van der Waals surface area (Å²) in [6.07, 6.45) is -0.0698. The van der Waals surface area contributed by atoms with E-state index in [0.29, 0.717) is 0 Å². The van der Waals surface area contributed by atoms with Gasteiger partial charge in [-0.1, -0.05) is 24.3 Å². The number of carbonyl (C=O) groups excluding carboxylic acids is 2. The number of benzene rings is 2. The van der Waals surface area contributed by atoms with Crippen LogP contribution in [-0.2, 0) is 26.0 Å². The van der Waals surface area contributed by atoms with Gasteiger partial charge in [0, 0.05) is 12.6 Å². The molecule has 2 aromatic rings. The van der Waals surface area contributed by atoms with Crippen LogP contribution >= 0.6 is 0 Å². The fraction of sp³-hybridized carbons (Fsp3) is 0.222. The van der Waals surface area contributed by atoms with Crippen molar-refractivity contribution in [3.8, 4) is 5.75 Å². The van der Waals surface area contributed by atoms with Crippen LogP contribution in [0.5, 0.6) is 5.75 Å². The Morgan fingerprint density at radius 1 is 1.12 bits per heavy atom. The molecule has 0 heterocycles. The average Bonchev–Trinajstić information content (AvgIpc) is 2.56. The predicted octanol–water partition coefficient (Wildman–Crippen LogP) is 2.01. The highest BCUT2D eigenvalue weighted by atomic mass is 32.2. The van der Waals surface area contributed by atoms with Crippen LogP contribution in [0.3, 0.4) is 0 Å². The fourth-order valence-corrected chi connectivity index (χ4v) is 3.57. The number of nitrogens with one attached hydrogen (secondary N) is 2. The van der Waals surface area contributed by atoms with Gasteiger partial charge in [-0.2, -0.15) is 0 Å². The minimum atomic E-state index is -4.17. The van der Waals surface area contributed by atoms with Crippen molar-refractivity contribution in [3.63, 3.8) is 0 Å². The van der Waals surface area contributed by atoms with E-state index in [9.17, 15) is 18.0 Å². The minimum Gasteiger partial charge on any atom is -0.495 e. The number of rotatable bonds is 6. The van der Waals surface area contributed by atoms with E-state index >= 15 is 0 Å². The van der Waals surface area contributed by atoms with Crippen LogP contribution in [0.15, 0.2) is 47.4 Å². The van der Waals surface area contributed by atoms with E-state index in [-0.39, 0.29) is 28.7 Å². The van der Waals surface area contributed by atoms with Crippen LogP contribution in [0.1, 0.15) is 18.1 Å². The molecule has 0 aliphatic carbocycles. The molecule has 2 N–H and O–H groups in total. The van der Waals surface area contributed by atoms with Gasteiger partial charge in [-0.15, -0.1) is 0 Å². The van der Waals surface area contributed by atoms with Gasteiger partial charge in [-0.05, 0) is 36.2 Å². The number of anilines is 1. The second kappa shape index (κ2) is 8.01. The first-order valence-corrected chi connectivity index (χ1v) is 9.27. The summed E-state index contributed by atoms with van der Waals surface area (Å²) in [4.78, 5) is 23.2. The van der Waals surface area contributed by atoms with Gasteiger partial charge in [0.25, 0.3) is 10.0 Å². The Balaban J connectivity index is 2.27. The number of aryl methyl sites for hydroxylation is 1. The number of carbonyl (C=O) groups is 2. The first-order valence-electron chi connectivity index (χ1n) is 7.78. The number of amides is 2. The van der Waals surface area contributed by atoms with Crippen molar-refractivity contribution >= 4 is 27.5 Å². The predicted molar refractivity (Wildman–Crippen MR) is 97.5 cm³/mol. The zero-order chi connectivity index (χ0) is 19.3. The lowest BCUT2D eigenvalue weighted by atomic mass is 10.1. The molecule has 0 unspecified atom stereocenters. The summed E-state index contributed by atoms with van der Waals surface area (Å²) < 4.78 is 32.3. The molecule has 0 atom stereocenters. The van der Waals surface area contributed by atoms with Crippen molar-refractivity contribution < 1.29 is 22.7 Å². The van der Waals surface area contributed by atoms with Crippen LogP contribution in [0.4, 0.5) is 5.69 Å².